The Morgan fingerprint density at radius 1 is 1.82 bits per heavy atom. The Morgan fingerprint density at radius 2 is 2.45 bits per heavy atom. The minimum Gasteiger partial charge on any atom is -0.481 e. The van der Waals surface area contributed by atoms with E-state index >= 15 is 0 Å². The molecule has 0 aliphatic carbocycles. The molecule has 3 nitrogen and oxygen atoms in total. The van der Waals surface area contributed by atoms with Gasteiger partial charge in [-0.1, -0.05) is 0 Å². The number of rotatable bonds is 4. The summed E-state index contributed by atoms with van der Waals surface area (Å²) in [5, 5.41) is 4.01. The van der Waals surface area contributed by atoms with Gasteiger partial charge in [0.25, 0.3) is 1.43 Å². The molecule has 0 aliphatic heterocycles. The summed E-state index contributed by atoms with van der Waals surface area (Å²) in [6.45, 7) is 2.70. The van der Waals surface area contributed by atoms with Crippen LogP contribution in [0.4, 0.5) is 0 Å². The van der Waals surface area contributed by atoms with Crippen LogP contribution in [0.25, 0.3) is 1.43 Å². The smallest absolute Gasteiger partial charge is 0.303 e. The van der Waals surface area contributed by atoms with E-state index in [-0.39, 0.29) is 0 Å². The minimum atomic E-state index is -3.19. The predicted octanol–water partition coefficient (Wildman–Crippen LogP) is 1.24. The van der Waals surface area contributed by atoms with Crippen LogP contribution in [0, 0.1) is 0 Å². The third-order valence-electron chi connectivity index (χ3n) is 0.691. The lowest BCUT2D eigenvalue weighted by Gasteiger charge is -2.19. The summed E-state index contributed by atoms with van der Waals surface area (Å²) < 4.78 is 51.3. The Hall–Kier alpha value is -0.570. The summed E-state index contributed by atoms with van der Waals surface area (Å²) in [6.07, 6.45) is -6.19. The Bertz CT molecular complexity index is 315. The van der Waals surface area contributed by atoms with Gasteiger partial charge in [0.15, 0.2) is 0 Å². The lowest BCUT2D eigenvalue weighted by molar-refractivity contribution is -0.137. The molecule has 0 amide bonds. The molecule has 0 fully saturated rings. The Balaban J connectivity index is 5.32. The number of carboxylic acids is 1. The van der Waals surface area contributed by atoms with Crippen LogP contribution in [0.15, 0.2) is 0 Å². The SMILES string of the molecule is [2H]OC(=O)C([2H])([2H])C([2H])([2H])C([2H])N([2H])C(C)(C)C. The second kappa shape index (κ2) is 4.34. The molecule has 0 saturated carbocycles. The van der Waals surface area contributed by atoms with Crippen molar-refractivity contribution < 1.29 is 18.2 Å². The summed E-state index contributed by atoms with van der Waals surface area (Å²) in [5.41, 5.74) is -0.902. The lowest BCUT2D eigenvalue weighted by atomic mass is 10.1. The highest BCUT2D eigenvalue weighted by Crippen LogP contribution is 1.98. The quantitative estimate of drug-likeness (QED) is 0.660. The third-order valence-corrected chi connectivity index (χ3v) is 0.691. The van der Waals surface area contributed by atoms with Gasteiger partial charge in [0.2, 0.25) is 0 Å². The second-order valence-corrected chi connectivity index (χ2v) is 2.99. The van der Waals surface area contributed by atoms with Crippen molar-refractivity contribution >= 4 is 5.97 Å². The summed E-state index contributed by atoms with van der Waals surface area (Å²) in [7, 11) is 0. The Kier molecular flexibility index (Phi) is 1.35. The van der Waals surface area contributed by atoms with E-state index in [1.807, 2.05) is 0 Å². The highest BCUT2D eigenvalue weighted by Gasteiger charge is 2.07. The van der Waals surface area contributed by atoms with Crippen LogP contribution in [0.1, 0.15) is 40.4 Å². The van der Waals surface area contributed by atoms with Gasteiger partial charge in [-0.2, -0.15) is 0 Å². The zero-order chi connectivity index (χ0) is 14.9. The number of nitrogens with one attached hydrogen (secondary N) is 1. The minimum absolute atomic E-state index is 0.558. The lowest BCUT2D eigenvalue weighted by Crippen LogP contribution is -2.36. The zero-order valence-electron chi connectivity index (χ0n) is 13.8. The van der Waals surface area contributed by atoms with Crippen LogP contribution in [-0.2, 0) is 4.79 Å². The van der Waals surface area contributed by atoms with Crippen molar-refractivity contribution in [3.05, 3.63) is 0 Å². The van der Waals surface area contributed by atoms with Crippen LogP contribution in [0.5, 0.6) is 0 Å². The van der Waals surface area contributed by atoms with E-state index in [2.05, 4.69) is 5.11 Å². The first-order chi connectivity index (χ1) is 7.80. The summed E-state index contributed by atoms with van der Waals surface area (Å²) in [4.78, 5) is 11.1. The molecule has 0 aromatic carbocycles. The largest absolute Gasteiger partial charge is 0.481 e. The number of aliphatic carboxylic acids is 1. The van der Waals surface area contributed by atoms with Gasteiger partial charge >= 0.3 is 5.97 Å². The number of carbonyl (C=O) groups is 1. The van der Waals surface area contributed by atoms with E-state index in [4.69, 9.17) is 9.70 Å². The summed E-state index contributed by atoms with van der Waals surface area (Å²) in [5.74, 6) is -1.73. The van der Waals surface area contributed by atoms with Crippen molar-refractivity contribution in [2.75, 3.05) is 6.52 Å². The van der Waals surface area contributed by atoms with Crippen LogP contribution in [-0.4, -0.2) is 23.1 Å². The van der Waals surface area contributed by atoms with Crippen molar-refractivity contribution in [3.63, 3.8) is 0 Å². The molecule has 0 rings (SSSR count). The second-order valence-electron chi connectivity index (χ2n) is 2.99. The molecule has 3 heteroatoms. The maximum atomic E-state index is 11.1. The molecule has 0 aromatic heterocycles. The van der Waals surface area contributed by atoms with Crippen LogP contribution < -0.4 is 5.31 Å². The Morgan fingerprint density at radius 3 is 2.91 bits per heavy atom. The van der Waals surface area contributed by atoms with Gasteiger partial charge in [0.05, 0.1) is 0 Å². The molecule has 66 valence electrons. The van der Waals surface area contributed by atoms with Crippen molar-refractivity contribution in [2.24, 2.45) is 0 Å². The maximum Gasteiger partial charge on any atom is 0.303 e. The summed E-state index contributed by atoms with van der Waals surface area (Å²) in [6, 6.07) is 0. The van der Waals surface area contributed by atoms with Crippen LogP contribution in [0.3, 0.4) is 0 Å². The fraction of sp³-hybridized carbons (Fsp3) is 0.875. The van der Waals surface area contributed by atoms with Crippen molar-refractivity contribution in [2.45, 2.75) is 39.1 Å². The van der Waals surface area contributed by atoms with Gasteiger partial charge in [-0.15, -0.1) is 0 Å². The highest BCUT2D eigenvalue weighted by molar-refractivity contribution is 5.66. The molecule has 0 spiro atoms. The first kappa shape index (κ1) is 3.44. The molecule has 0 radical (unpaired) electrons. The molecule has 0 saturated heterocycles. The zero-order valence-corrected chi connectivity index (χ0v) is 6.84. The molecule has 0 aliphatic rings. The molecule has 2 N–H and O–H groups in total. The van der Waals surface area contributed by atoms with Gasteiger partial charge in [-0.05, 0) is 33.7 Å². The van der Waals surface area contributed by atoms with E-state index in [1.165, 1.54) is 0 Å². The first-order valence-corrected chi connectivity index (χ1v) is 3.18. The van der Waals surface area contributed by atoms with Crippen LogP contribution in [0.2, 0.25) is 1.41 Å². The number of hydrogen-bond donors (Lipinski definition) is 2. The topological polar surface area (TPSA) is 49.3 Å². The standard InChI is InChI=1S/C8H17NO2/c1-8(2,3)9-6-4-5-7(10)11/h9H,4-6H2,1-3H3,(H,10,11)/i4D2,5D2,6D/hD2. The summed E-state index contributed by atoms with van der Waals surface area (Å²) >= 11 is 0. The average Bonchev–Trinajstić information content (AvgIpc) is 2.23. The van der Waals surface area contributed by atoms with Gasteiger partial charge in [0.1, 0.15) is 1.41 Å². The predicted molar refractivity (Wildman–Crippen MR) is 44.6 cm³/mol. The Labute approximate surface area is 77.8 Å². The normalized spacial score (nSPS) is 26.4. The van der Waals surface area contributed by atoms with Crippen molar-refractivity contribution in [1.82, 2.24) is 5.31 Å². The van der Waals surface area contributed by atoms with Crippen molar-refractivity contribution in [1.29, 1.82) is 1.43 Å². The van der Waals surface area contributed by atoms with Gasteiger partial charge in [-0.25, -0.2) is 0 Å². The first-order valence-electron chi connectivity index (χ1n) is 6.61. The molecule has 1 unspecified atom stereocenters. The fourth-order valence-electron chi connectivity index (χ4n) is 0.317. The maximum absolute atomic E-state index is 11.1. The van der Waals surface area contributed by atoms with E-state index in [1.54, 1.807) is 20.8 Å². The van der Waals surface area contributed by atoms with Gasteiger partial charge in [-0.3, -0.25) is 4.79 Å². The van der Waals surface area contributed by atoms with Crippen LogP contribution >= 0.6 is 0 Å². The van der Waals surface area contributed by atoms with E-state index in [9.17, 15) is 4.79 Å². The molecule has 1 atom stereocenters. The highest BCUT2D eigenvalue weighted by atomic mass is 16.4. The molecular weight excluding hydrogens is 142 g/mol. The van der Waals surface area contributed by atoms with E-state index < -0.39 is 30.8 Å². The molecule has 0 bridgehead atoms. The van der Waals surface area contributed by atoms with Crippen molar-refractivity contribution in [3.8, 4) is 0 Å². The molecule has 0 aromatic rings. The number of hydrogen-bond acceptors (Lipinski definition) is 3. The molecule has 11 heavy (non-hydrogen) atoms. The van der Waals surface area contributed by atoms with Gasteiger partial charge in [0, 0.05) is 18.8 Å². The third kappa shape index (κ3) is 9.43. The van der Waals surface area contributed by atoms with E-state index in [0.717, 1.165) is 0 Å². The van der Waals surface area contributed by atoms with E-state index in [0.29, 0.717) is 5.31 Å². The monoisotopic (exact) mass is 166 g/mol. The fourth-order valence-corrected chi connectivity index (χ4v) is 0.317. The van der Waals surface area contributed by atoms with Gasteiger partial charge < -0.3 is 10.4 Å². The average molecular weight is 166 g/mol. The molecule has 0 heterocycles. The molecular formula is C8H17NO2. The number of carboxylic acid groups (broad SMARTS) is 1.